The number of aromatic nitrogens is 2. The van der Waals surface area contributed by atoms with Gasteiger partial charge in [0.1, 0.15) is 11.9 Å². The monoisotopic (exact) mass is 348 g/mol. The summed E-state index contributed by atoms with van der Waals surface area (Å²) in [5, 5.41) is 16.7. The van der Waals surface area contributed by atoms with Crippen LogP contribution in [-0.2, 0) is 4.79 Å². The van der Waals surface area contributed by atoms with Gasteiger partial charge in [0.2, 0.25) is 5.91 Å². The van der Waals surface area contributed by atoms with E-state index in [4.69, 9.17) is 10.8 Å². The molecule has 0 aliphatic carbocycles. The maximum atomic E-state index is 13.0. The highest BCUT2D eigenvalue weighted by molar-refractivity contribution is 7.59. The van der Waals surface area contributed by atoms with Crippen LogP contribution in [0.3, 0.4) is 0 Å². The molecule has 24 heavy (non-hydrogen) atoms. The van der Waals surface area contributed by atoms with Gasteiger partial charge in [-0.3, -0.25) is 4.79 Å². The topological polar surface area (TPSA) is 93.2 Å². The first kappa shape index (κ1) is 17.9. The quantitative estimate of drug-likeness (QED) is 0.667. The average Bonchev–Trinajstić information content (AvgIpc) is 2.98. The van der Waals surface area contributed by atoms with Crippen molar-refractivity contribution in [1.82, 2.24) is 9.78 Å². The minimum absolute atomic E-state index is 0. The first-order valence-corrected chi connectivity index (χ1v) is 6.99. The molecule has 0 fully saturated rings. The zero-order valence-corrected chi connectivity index (χ0v) is 13.6. The Balaban J connectivity index is 0.00000208. The van der Waals surface area contributed by atoms with Crippen molar-refractivity contribution in [1.29, 1.82) is 0 Å². The van der Waals surface area contributed by atoms with Crippen LogP contribution in [-0.4, -0.2) is 33.4 Å². The molecule has 126 valence electrons. The number of halogens is 1. The third-order valence-electron chi connectivity index (χ3n) is 3.44. The molecule has 8 heteroatoms. The molecule has 6 nitrogen and oxygen atoms in total. The second-order valence-electron chi connectivity index (χ2n) is 5.08. The van der Waals surface area contributed by atoms with Crippen molar-refractivity contribution in [3.63, 3.8) is 0 Å². The van der Waals surface area contributed by atoms with Gasteiger partial charge in [0.15, 0.2) is 0 Å². The van der Waals surface area contributed by atoms with Crippen LogP contribution in [0.5, 0.6) is 0 Å². The lowest BCUT2D eigenvalue weighted by atomic mass is 10.2. The number of hydrogen-bond acceptors (Lipinski definition) is 4. The molecule has 0 saturated carbocycles. The third kappa shape index (κ3) is 3.56. The van der Waals surface area contributed by atoms with Crippen molar-refractivity contribution in [2.24, 2.45) is 5.73 Å². The predicted octanol–water partition coefficient (Wildman–Crippen LogP) is 1.54. The van der Waals surface area contributed by atoms with E-state index in [9.17, 15) is 9.18 Å². The van der Waals surface area contributed by atoms with Gasteiger partial charge in [-0.1, -0.05) is 0 Å². The summed E-state index contributed by atoms with van der Waals surface area (Å²) in [5.74, 6) is -0.796. The average molecular weight is 348 g/mol. The Kier molecular flexibility index (Phi) is 5.55. The lowest BCUT2D eigenvalue weighted by Gasteiger charge is -2.10. The summed E-state index contributed by atoms with van der Waals surface area (Å²) in [6, 6.07) is 10.2. The Hall–Kier alpha value is -2.42. The van der Waals surface area contributed by atoms with Crippen LogP contribution in [0, 0.1) is 5.82 Å². The summed E-state index contributed by atoms with van der Waals surface area (Å²) in [5.41, 5.74) is 7.48. The van der Waals surface area contributed by atoms with Crippen molar-refractivity contribution < 1.29 is 14.3 Å². The Labute approximate surface area is 144 Å². The normalized spacial score (nSPS) is 11.8. The Bertz CT molecular complexity index is 851. The van der Waals surface area contributed by atoms with Crippen LogP contribution >= 0.6 is 13.5 Å². The first-order chi connectivity index (χ1) is 11.1. The number of carbonyl (C=O) groups is 1. The highest BCUT2D eigenvalue weighted by Gasteiger charge is 2.13. The minimum atomic E-state index is -0.979. The molecular formula is C16H17FN4O2S. The van der Waals surface area contributed by atoms with E-state index in [0.717, 1.165) is 10.9 Å². The van der Waals surface area contributed by atoms with Crippen molar-refractivity contribution in [3.8, 4) is 5.69 Å². The van der Waals surface area contributed by atoms with Crippen molar-refractivity contribution >= 4 is 36.0 Å². The zero-order chi connectivity index (χ0) is 16.4. The molecule has 0 radical (unpaired) electrons. The molecule has 0 aliphatic heterocycles. The molecule has 1 aromatic heterocycles. The maximum Gasteiger partial charge on any atom is 0.243 e. The van der Waals surface area contributed by atoms with E-state index in [1.54, 1.807) is 35.1 Å². The summed E-state index contributed by atoms with van der Waals surface area (Å²) >= 11 is 0. The fourth-order valence-corrected chi connectivity index (χ4v) is 2.20. The highest BCUT2D eigenvalue weighted by atomic mass is 32.1. The van der Waals surface area contributed by atoms with E-state index < -0.39 is 18.6 Å². The number of aliphatic hydroxyl groups excluding tert-OH is 1. The van der Waals surface area contributed by atoms with Crippen LogP contribution in [0.15, 0.2) is 48.7 Å². The molecule has 0 unspecified atom stereocenters. The van der Waals surface area contributed by atoms with Gasteiger partial charge in [-0.2, -0.15) is 18.6 Å². The van der Waals surface area contributed by atoms with Crippen LogP contribution in [0.25, 0.3) is 16.6 Å². The zero-order valence-electron chi connectivity index (χ0n) is 12.6. The SMILES string of the molecule is N[C@@H](CO)C(=O)Nc1ccc2cnn(-c3ccc(F)cc3)c2c1.S. The fraction of sp³-hybridized carbons (Fsp3) is 0.125. The molecule has 3 rings (SSSR count). The molecule has 1 amide bonds. The second kappa shape index (κ2) is 7.43. The highest BCUT2D eigenvalue weighted by Crippen LogP contribution is 2.22. The van der Waals surface area contributed by atoms with E-state index in [-0.39, 0.29) is 19.3 Å². The van der Waals surface area contributed by atoms with E-state index in [1.165, 1.54) is 12.1 Å². The first-order valence-electron chi connectivity index (χ1n) is 6.99. The number of nitrogens with zero attached hydrogens (tertiary/aromatic N) is 2. The summed E-state index contributed by atoms with van der Waals surface area (Å²) in [6.07, 6.45) is 1.68. The Morgan fingerprint density at radius 3 is 2.67 bits per heavy atom. The number of carbonyl (C=O) groups excluding carboxylic acids is 1. The molecule has 0 spiro atoms. The standard InChI is InChI=1S/C16H15FN4O2.H2S/c17-11-2-5-13(6-3-11)21-15-7-12(4-1-10(15)8-19-21)20-16(23)14(18)9-22;/h1-8,14,22H,9,18H2,(H,20,23);1H2/t14-;/m0./s1. The number of nitrogens with two attached hydrogens (primary N) is 1. The largest absolute Gasteiger partial charge is 0.394 e. The lowest BCUT2D eigenvalue weighted by Crippen LogP contribution is -2.38. The van der Waals surface area contributed by atoms with E-state index in [1.807, 2.05) is 6.07 Å². The smallest absolute Gasteiger partial charge is 0.243 e. The second-order valence-corrected chi connectivity index (χ2v) is 5.08. The van der Waals surface area contributed by atoms with Crippen LogP contribution in [0.4, 0.5) is 10.1 Å². The summed E-state index contributed by atoms with van der Waals surface area (Å²) < 4.78 is 14.7. The fourth-order valence-electron chi connectivity index (χ4n) is 2.20. The van der Waals surface area contributed by atoms with Gasteiger partial charge in [0, 0.05) is 11.1 Å². The molecule has 2 aromatic carbocycles. The Morgan fingerprint density at radius 1 is 1.29 bits per heavy atom. The number of rotatable bonds is 4. The van der Waals surface area contributed by atoms with Gasteiger partial charge < -0.3 is 16.2 Å². The van der Waals surface area contributed by atoms with Gasteiger partial charge >= 0.3 is 0 Å². The van der Waals surface area contributed by atoms with E-state index in [0.29, 0.717) is 11.4 Å². The summed E-state index contributed by atoms with van der Waals surface area (Å²) in [7, 11) is 0. The van der Waals surface area contributed by atoms with Crippen molar-refractivity contribution in [3.05, 3.63) is 54.5 Å². The minimum Gasteiger partial charge on any atom is -0.394 e. The number of nitrogens with one attached hydrogen (secondary N) is 1. The Morgan fingerprint density at radius 2 is 2.00 bits per heavy atom. The number of fused-ring (bicyclic) bond motifs is 1. The van der Waals surface area contributed by atoms with Crippen LogP contribution in [0.1, 0.15) is 0 Å². The molecule has 0 saturated heterocycles. The van der Waals surface area contributed by atoms with Crippen LogP contribution < -0.4 is 11.1 Å². The van der Waals surface area contributed by atoms with E-state index in [2.05, 4.69) is 10.4 Å². The van der Waals surface area contributed by atoms with Crippen molar-refractivity contribution in [2.45, 2.75) is 6.04 Å². The van der Waals surface area contributed by atoms with Gasteiger partial charge in [0.25, 0.3) is 0 Å². The third-order valence-corrected chi connectivity index (χ3v) is 3.44. The van der Waals surface area contributed by atoms with Gasteiger partial charge in [-0.05, 0) is 42.5 Å². The van der Waals surface area contributed by atoms with E-state index >= 15 is 0 Å². The molecular weight excluding hydrogens is 331 g/mol. The lowest BCUT2D eigenvalue weighted by molar-refractivity contribution is -0.118. The summed E-state index contributed by atoms with van der Waals surface area (Å²) in [6.45, 7) is -0.429. The number of amides is 1. The van der Waals surface area contributed by atoms with Crippen LogP contribution in [0.2, 0.25) is 0 Å². The van der Waals surface area contributed by atoms with Gasteiger partial charge in [-0.15, -0.1) is 0 Å². The van der Waals surface area contributed by atoms with Crippen molar-refractivity contribution in [2.75, 3.05) is 11.9 Å². The predicted molar refractivity (Wildman–Crippen MR) is 95.1 cm³/mol. The maximum absolute atomic E-state index is 13.0. The number of hydrogen-bond donors (Lipinski definition) is 3. The molecule has 4 N–H and O–H groups in total. The van der Waals surface area contributed by atoms with Gasteiger partial charge in [0.05, 0.1) is 24.0 Å². The summed E-state index contributed by atoms with van der Waals surface area (Å²) in [4.78, 5) is 11.8. The molecule has 1 atom stereocenters. The molecule has 0 bridgehead atoms. The number of benzene rings is 2. The number of anilines is 1. The number of aliphatic hydroxyl groups is 1. The molecule has 3 aromatic rings. The van der Waals surface area contributed by atoms with Gasteiger partial charge in [-0.25, -0.2) is 9.07 Å². The molecule has 0 aliphatic rings. The molecule has 1 heterocycles.